The summed E-state index contributed by atoms with van der Waals surface area (Å²) in [7, 11) is 1.95. The van der Waals surface area contributed by atoms with Gasteiger partial charge in [-0.05, 0) is 44.4 Å². The molecule has 1 saturated heterocycles. The fourth-order valence-electron chi connectivity index (χ4n) is 2.89. The van der Waals surface area contributed by atoms with Gasteiger partial charge in [-0.25, -0.2) is 0 Å². The van der Waals surface area contributed by atoms with Crippen LogP contribution in [-0.2, 0) is 11.2 Å². The van der Waals surface area contributed by atoms with Crippen LogP contribution in [0.15, 0.2) is 24.3 Å². The molecule has 1 atom stereocenters. The van der Waals surface area contributed by atoms with Crippen molar-refractivity contribution < 1.29 is 4.79 Å². The van der Waals surface area contributed by atoms with Crippen LogP contribution in [0.3, 0.4) is 0 Å². The topological polar surface area (TPSA) is 32.3 Å². The molecule has 104 valence electrons. The van der Waals surface area contributed by atoms with Gasteiger partial charge < -0.3 is 10.2 Å². The molecule has 0 bridgehead atoms. The monoisotopic (exact) mass is 260 g/mol. The Hall–Kier alpha value is -1.35. The van der Waals surface area contributed by atoms with Gasteiger partial charge in [0.2, 0.25) is 5.91 Å². The highest BCUT2D eigenvalue weighted by molar-refractivity contribution is 5.77. The summed E-state index contributed by atoms with van der Waals surface area (Å²) < 4.78 is 0. The number of carbonyl (C=O) groups excluding carboxylic acids is 1. The minimum absolute atomic E-state index is 0.306. The summed E-state index contributed by atoms with van der Waals surface area (Å²) in [5.74, 6) is 0.306. The lowest BCUT2D eigenvalue weighted by Gasteiger charge is -2.24. The molecule has 0 saturated carbocycles. The van der Waals surface area contributed by atoms with Crippen molar-refractivity contribution in [2.75, 3.05) is 20.1 Å². The molecule has 0 aromatic heterocycles. The lowest BCUT2D eigenvalue weighted by molar-refractivity contribution is -0.131. The highest BCUT2D eigenvalue weighted by Gasteiger charge is 2.27. The maximum absolute atomic E-state index is 12.3. The van der Waals surface area contributed by atoms with Crippen molar-refractivity contribution >= 4 is 5.91 Å². The van der Waals surface area contributed by atoms with Gasteiger partial charge in [-0.15, -0.1) is 0 Å². The summed E-state index contributed by atoms with van der Waals surface area (Å²) in [6, 6.07) is 8.72. The zero-order chi connectivity index (χ0) is 13.7. The number of carbonyl (C=O) groups is 1. The minimum Gasteiger partial charge on any atom is -0.338 e. The highest BCUT2D eigenvalue weighted by Crippen LogP contribution is 2.19. The number of hydrogen-bond donors (Lipinski definition) is 1. The number of rotatable bonds is 5. The van der Waals surface area contributed by atoms with Crippen LogP contribution in [0.25, 0.3) is 0 Å². The van der Waals surface area contributed by atoms with Gasteiger partial charge in [0, 0.05) is 25.6 Å². The second-order valence-electron chi connectivity index (χ2n) is 5.37. The maximum atomic E-state index is 12.3. The molecule has 3 heteroatoms. The van der Waals surface area contributed by atoms with Crippen LogP contribution < -0.4 is 5.32 Å². The maximum Gasteiger partial charge on any atom is 0.223 e. The number of benzene rings is 1. The molecule has 2 rings (SSSR count). The SMILES string of the molecule is CNC[C@H]1CCCN1C(=O)CCc1ccccc1C. The first kappa shape index (κ1) is 14.1. The number of nitrogens with zero attached hydrogens (tertiary/aromatic N) is 1. The Morgan fingerprint density at radius 3 is 2.95 bits per heavy atom. The summed E-state index contributed by atoms with van der Waals surface area (Å²) in [5.41, 5.74) is 2.57. The van der Waals surface area contributed by atoms with Crippen LogP contribution in [0.4, 0.5) is 0 Å². The number of hydrogen-bond acceptors (Lipinski definition) is 2. The molecule has 1 fully saturated rings. The van der Waals surface area contributed by atoms with Gasteiger partial charge in [0.05, 0.1) is 0 Å². The second-order valence-corrected chi connectivity index (χ2v) is 5.37. The Balaban J connectivity index is 1.89. The molecule has 0 unspecified atom stereocenters. The van der Waals surface area contributed by atoms with E-state index in [9.17, 15) is 4.79 Å². The van der Waals surface area contributed by atoms with Gasteiger partial charge in [0.1, 0.15) is 0 Å². The quantitative estimate of drug-likeness (QED) is 0.879. The summed E-state index contributed by atoms with van der Waals surface area (Å²) in [6.07, 6.45) is 3.76. The van der Waals surface area contributed by atoms with Crippen LogP contribution in [0.2, 0.25) is 0 Å². The molecule has 0 radical (unpaired) electrons. The average Bonchev–Trinajstić information content (AvgIpc) is 2.86. The van der Waals surface area contributed by atoms with Crippen molar-refractivity contribution in [3.63, 3.8) is 0 Å². The Morgan fingerprint density at radius 2 is 2.21 bits per heavy atom. The van der Waals surface area contributed by atoms with Crippen molar-refractivity contribution in [1.29, 1.82) is 0 Å². The van der Waals surface area contributed by atoms with Crippen LogP contribution in [0.1, 0.15) is 30.4 Å². The summed E-state index contributed by atoms with van der Waals surface area (Å²) in [5, 5.41) is 3.18. The van der Waals surface area contributed by atoms with Crippen molar-refractivity contribution in [1.82, 2.24) is 10.2 Å². The minimum atomic E-state index is 0.306. The van der Waals surface area contributed by atoms with E-state index in [0.29, 0.717) is 18.4 Å². The van der Waals surface area contributed by atoms with Crippen LogP contribution in [-0.4, -0.2) is 37.0 Å². The molecule has 1 aromatic carbocycles. The first-order valence-electron chi connectivity index (χ1n) is 7.21. The fourth-order valence-corrected chi connectivity index (χ4v) is 2.89. The number of nitrogens with one attached hydrogen (secondary N) is 1. The number of aryl methyl sites for hydroxylation is 2. The molecule has 19 heavy (non-hydrogen) atoms. The lowest BCUT2D eigenvalue weighted by atomic mass is 10.0. The fraction of sp³-hybridized carbons (Fsp3) is 0.562. The normalized spacial score (nSPS) is 18.8. The van der Waals surface area contributed by atoms with Gasteiger partial charge in [0.15, 0.2) is 0 Å². The Labute approximate surface area is 116 Å². The van der Waals surface area contributed by atoms with E-state index >= 15 is 0 Å². The molecule has 1 heterocycles. The van der Waals surface area contributed by atoms with Crippen molar-refractivity contribution in [3.8, 4) is 0 Å². The zero-order valence-electron chi connectivity index (χ0n) is 12.0. The molecule has 1 N–H and O–H groups in total. The number of likely N-dealkylation sites (N-methyl/N-ethyl adjacent to an activating group) is 1. The third kappa shape index (κ3) is 3.57. The molecular formula is C16H24N2O. The molecular weight excluding hydrogens is 236 g/mol. The van der Waals surface area contributed by atoms with E-state index < -0.39 is 0 Å². The van der Waals surface area contributed by atoms with E-state index in [1.54, 1.807) is 0 Å². The molecule has 0 aliphatic carbocycles. The molecule has 1 amide bonds. The van der Waals surface area contributed by atoms with Gasteiger partial charge in [-0.2, -0.15) is 0 Å². The highest BCUT2D eigenvalue weighted by atomic mass is 16.2. The predicted molar refractivity (Wildman–Crippen MR) is 78.2 cm³/mol. The third-order valence-corrected chi connectivity index (χ3v) is 4.01. The third-order valence-electron chi connectivity index (χ3n) is 4.01. The van der Waals surface area contributed by atoms with Gasteiger partial charge in [-0.3, -0.25) is 4.79 Å². The standard InChI is InChI=1S/C16H24N2O/c1-13-6-3-4-7-14(13)9-10-16(19)18-11-5-8-15(18)12-17-2/h3-4,6-7,15,17H,5,8-12H2,1-2H3/t15-/m1/s1. The zero-order valence-corrected chi connectivity index (χ0v) is 12.0. The first-order valence-corrected chi connectivity index (χ1v) is 7.21. The Morgan fingerprint density at radius 1 is 1.42 bits per heavy atom. The van der Waals surface area contributed by atoms with Crippen LogP contribution >= 0.6 is 0 Å². The molecule has 1 aromatic rings. The van der Waals surface area contributed by atoms with Crippen LogP contribution in [0, 0.1) is 6.92 Å². The average molecular weight is 260 g/mol. The van der Waals surface area contributed by atoms with Crippen molar-refractivity contribution in [2.24, 2.45) is 0 Å². The number of amides is 1. The summed E-state index contributed by atoms with van der Waals surface area (Å²) in [6.45, 7) is 3.95. The van der Waals surface area contributed by atoms with Gasteiger partial charge in [0.25, 0.3) is 0 Å². The van der Waals surface area contributed by atoms with Gasteiger partial charge >= 0.3 is 0 Å². The Kier molecular flexibility index (Phi) is 4.97. The lowest BCUT2D eigenvalue weighted by Crippen LogP contribution is -2.40. The molecule has 1 aliphatic rings. The summed E-state index contributed by atoms with van der Waals surface area (Å²) in [4.78, 5) is 14.4. The largest absolute Gasteiger partial charge is 0.338 e. The smallest absolute Gasteiger partial charge is 0.223 e. The first-order chi connectivity index (χ1) is 9.22. The predicted octanol–water partition coefficient (Wildman–Crippen LogP) is 2.14. The second kappa shape index (κ2) is 6.71. The molecule has 3 nitrogen and oxygen atoms in total. The number of likely N-dealkylation sites (tertiary alicyclic amines) is 1. The van der Waals surface area contributed by atoms with E-state index in [2.05, 4.69) is 29.3 Å². The van der Waals surface area contributed by atoms with E-state index in [4.69, 9.17) is 0 Å². The van der Waals surface area contributed by atoms with Crippen molar-refractivity contribution in [2.45, 2.75) is 38.6 Å². The van der Waals surface area contributed by atoms with E-state index in [1.807, 2.05) is 19.2 Å². The van der Waals surface area contributed by atoms with E-state index in [1.165, 1.54) is 11.1 Å². The van der Waals surface area contributed by atoms with Crippen molar-refractivity contribution in [3.05, 3.63) is 35.4 Å². The summed E-state index contributed by atoms with van der Waals surface area (Å²) >= 11 is 0. The van der Waals surface area contributed by atoms with E-state index in [-0.39, 0.29) is 0 Å². The van der Waals surface area contributed by atoms with Crippen LogP contribution in [0.5, 0.6) is 0 Å². The van der Waals surface area contributed by atoms with E-state index in [0.717, 1.165) is 32.4 Å². The van der Waals surface area contributed by atoms with Gasteiger partial charge in [-0.1, -0.05) is 24.3 Å². The Bertz CT molecular complexity index is 431. The molecule has 0 spiro atoms. The molecule has 1 aliphatic heterocycles.